The first-order valence-electron chi connectivity index (χ1n) is 9.17. The molecule has 0 saturated carbocycles. The van der Waals surface area contributed by atoms with Crippen molar-refractivity contribution in [3.63, 3.8) is 0 Å². The molecule has 0 aliphatic heterocycles. The van der Waals surface area contributed by atoms with Gasteiger partial charge in [0.1, 0.15) is 0 Å². The molecule has 2 aromatic carbocycles. The Morgan fingerprint density at radius 1 is 0.962 bits per heavy atom. The molecule has 2 aromatic rings. The minimum absolute atomic E-state index is 0.113. The van der Waals surface area contributed by atoms with Gasteiger partial charge < -0.3 is 19.7 Å². The summed E-state index contributed by atoms with van der Waals surface area (Å²) < 4.78 is 11.1. The van der Waals surface area contributed by atoms with E-state index in [4.69, 9.17) is 9.47 Å². The minimum atomic E-state index is -0.113. The van der Waals surface area contributed by atoms with Gasteiger partial charge in [-0.25, -0.2) is 0 Å². The Bertz CT molecular complexity index is 689. The molecule has 5 heteroatoms. The maximum atomic E-state index is 12.5. The second-order valence-corrected chi connectivity index (χ2v) is 5.70. The highest BCUT2D eigenvalue weighted by Crippen LogP contribution is 2.28. The van der Waals surface area contributed by atoms with Gasteiger partial charge in [-0.05, 0) is 51.1 Å². The van der Waals surface area contributed by atoms with E-state index in [-0.39, 0.29) is 5.91 Å². The second kappa shape index (κ2) is 10.3. The zero-order valence-corrected chi connectivity index (χ0v) is 15.8. The molecule has 0 heterocycles. The fourth-order valence-electron chi connectivity index (χ4n) is 2.71. The van der Waals surface area contributed by atoms with Crippen molar-refractivity contribution in [3.05, 3.63) is 54.1 Å². The Kier molecular flexibility index (Phi) is 7.80. The van der Waals surface area contributed by atoms with Crippen LogP contribution in [0.2, 0.25) is 0 Å². The monoisotopic (exact) mass is 356 g/mol. The van der Waals surface area contributed by atoms with Crippen LogP contribution >= 0.6 is 0 Å². The number of hydrogen-bond donors (Lipinski definition) is 1. The SMILES string of the molecule is CCOc1ccc(C(=O)NCCN(CC)c2ccccc2)cc1OCC. The Labute approximate surface area is 155 Å². The Morgan fingerprint density at radius 3 is 2.31 bits per heavy atom. The average molecular weight is 356 g/mol. The summed E-state index contributed by atoms with van der Waals surface area (Å²) in [6, 6.07) is 15.5. The van der Waals surface area contributed by atoms with Crippen LogP contribution < -0.4 is 19.7 Å². The minimum Gasteiger partial charge on any atom is -0.490 e. The number of nitrogens with one attached hydrogen (secondary N) is 1. The quantitative estimate of drug-likeness (QED) is 0.705. The lowest BCUT2D eigenvalue weighted by atomic mass is 10.2. The van der Waals surface area contributed by atoms with Crippen molar-refractivity contribution in [1.82, 2.24) is 5.32 Å². The highest BCUT2D eigenvalue weighted by molar-refractivity contribution is 5.94. The summed E-state index contributed by atoms with van der Waals surface area (Å²) in [5.74, 6) is 1.15. The number of carbonyl (C=O) groups excluding carboxylic acids is 1. The summed E-state index contributed by atoms with van der Waals surface area (Å²) in [4.78, 5) is 14.7. The standard InChI is InChI=1S/C21H28N2O3/c1-4-23(18-10-8-7-9-11-18)15-14-22-21(24)17-12-13-19(25-5-2)20(16-17)26-6-3/h7-13,16H,4-6,14-15H2,1-3H3,(H,22,24). The van der Waals surface area contributed by atoms with E-state index in [9.17, 15) is 4.79 Å². The lowest BCUT2D eigenvalue weighted by molar-refractivity contribution is 0.0954. The summed E-state index contributed by atoms with van der Waals surface area (Å²) >= 11 is 0. The van der Waals surface area contributed by atoms with Crippen LogP contribution in [-0.4, -0.2) is 38.8 Å². The van der Waals surface area contributed by atoms with Gasteiger partial charge in [-0.2, -0.15) is 0 Å². The van der Waals surface area contributed by atoms with E-state index < -0.39 is 0 Å². The zero-order chi connectivity index (χ0) is 18.8. The van der Waals surface area contributed by atoms with Gasteiger partial charge in [0.15, 0.2) is 11.5 Å². The van der Waals surface area contributed by atoms with Gasteiger partial charge in [0.05, 0.1) is 13.2 Å². The number of anilines is 1. The van der Waals surface area contributed by atoms with Gasteiger partial charge in [-0.3, -0.25) is 4.79 Å². The van der Waals surface area contributed by atoms with E-state index in [1.807, 2.05) is 32.0 Å². The van der Waals surface area contributed by atoms with Crippen molar-refractivity contribution >= 4 is 11.6 Å². The van der Waals surface area contributed by atoms with Crippen LogP contribution in [0.5, 0.6) is 11.5 Å². The molecule has 0 unspecified atom stereocenters. The number of likely N-dealkylation sites (N-methyl/N-ethyl adjacent to an activating group) is 1. The average Bonchev–Trinajstić information content (AvgIpc) is 2.67. The van der Waals surface area contributed by atoms with Crippen LogP contribution in [0.1, 0.15) is 31.1 Å². The lowest BCUT2D eigenvalue weighted by Gasteiger charge is -2.23. The predicted molar refractivity (Wildman–Crippen MR) is 105 cm³/mol. The summed E-state index contributed by atoms with van der Waals surface area (Å²) in [5, 5.41) is 2.98. The van der Waals surface area contributed by atoms with E-state index in [1.165, 1.54) is 0 Å². The number of nitrogens with zero attached hydrogens (tertiary/aromatic N) is 1. The Hall–Kier alpha value is -2.69. The molecule has 0 saturated heterocycles. The van der Waals surface area contributed by atoms with Crippen LogP contribution in [0.3, 0.4) is 0 Å². The normalized spacial score (nSPS) is 10.3. The van der Waals surface area contributed by atoms with E-state index in [2.05, 4.69) is 29.3 Å². The first-order valence-corrected chi connectivity index (χ1v) is 9.17. The molecule has 26 heavy (non-hydrogen) atoms. The topological polar surface area (TPSA) is 50.8 Å². The maximum absolute atomic E-state index is 12.5. The number of hydrogen-bond acceptors (Lipinski definition) is 4. The molecule has 0 aliphatic rings. The summed E-state index contributed by atoms with van der Waals surface area (Å²) in [6.07, 6.45) is 0. The van der Waals surface area contributed by atoms with Crippen LogP contribution in [0, 0.1) is 0 Å². The molecule has 2 rings (SSSR count). The van der Waals surface area contributed by atoms with E-state index >= 15 is 0 Å². The molecule has 140 valence electrons. The molecule has 1 N–H and O–H groups in total. The largest absolute Gasteiger partial charge is 0.490 e. The first-order chi connectivity index (χ1) is 12.7. The van der Waals surface area contributed by atoms with Crippen molar-refractivity contribution in [3.8, 4) is 11.5 Å². The number of carbonyl (C=O) groups is 1. The third kappa shape index (κ3) is 5.41. The molecule has 0 aliphatic carbocycles. The van der Waals surface area contributed by atoms with E-state index in [1.54, 1.807) is 18.2 Å². The Balaban J connectivity index is 1.95. The van der Waals surface area contributed by atoms with Gasteiger partial charge in [-0.1, -0.05) is 18.2 Å². The number of benzene rings is 2. The number of rotatable bonds is 10. The third-order valence-corrected chi connectivity index (χ3v) is 3.98. The second-order valence-electron chi connectivity index (χ2n) is 5.70. The first kappa shape index (κ1) is 19.6. The van der Waals surface area contributed by atoms with Crippen LogP contribution in [0.15, 0.2) is 48.5 Å². The summed E-state index contributed by atoms with van der Waals surface area (Å²) in [5.41, 5.74) is 1.73. The lowest BCUT2D eigenvalue weighted by Crippen LogP contribution is -2.34. The van der Waals surface area contributed by atoms with Crippen LogP contribution in [-0.2, 0) is 0 Å². The van der Waals surface area contributed by atoms with Crippen LogP contribution in [0.4, 0.5) is 5.69 Å². The van der Waals surface area contributed by atoms with Crippen molar-refractivity contribution in [2.75, 3.05) is 37.7 Å². The summed E-state index contributed by atoms with van der Waals surface area (Å²) in [7, 11) is 0. The number of ether oxygens (including phenoxy) is 2. The highest BCUT2D eigenvalue weighted by Gasteiger charge is 2.12. The van der Waals surface area contributed by atoms with Crippen LogP contribution in [0.25, 0.3) is 0 Å². The third-order valence-electron chi connectivity index (χ3n) is 3.98. The fraction of sp³-hybridized carbons (Fsp3) is 0.381. The maximum Gasteiger partial charge on any atom is 0.251 e. The molecule has 1 amide bonds. The van der Waals surface area contributed by atoms with Gasteiger partial charge in [0, 0.05) is 30.9 Å². The molecule has 0 radical (unpaired) electrons. The van der Waals surface area contributed by atoms with Gasteiger partial charge in [0.2, 0.25) is 0 Å². The predicted octanol–water partition coefficient (Wildman–Crippen LogP) is 3.74. The van der Waals surface area contributed by atoms with Crippen molar-refractivity contribution in [2.45, 2.75) is 20.8 Å². The van der Waals surface area contributed by atoms with E-state index in [0.29, 0.717) is 36.8 Å². The van der Waals surface area contributed by atoms with Gasteiger partial charge in [0.25, 0.3) is 5.91 Å². The number of amides is 1. The van der Waals surface area contributed by atoms with Crippen molar-refractivity contribution in [1.29, 1.82) is 0 Å². The molecule has 0 fully saturated rings. The molecule has 0 aromatic heterocycles. The molecule has 5 nitrogen and oxygen atoms in total. The van der Waals surface area contributed by atoms with Gasteiger partial charge >= 0.3 is 0 Å². The van der Waals surface area contributed by atoms with E-state index in [0.717, 1.165) is 18.8 Å². The fourth-order valence-corrected chi connectivity index (χ4v) is 2.71. The smallest absolute Gasteiger partial charge is 0.251 e. The molecule has 0 bridgehead atoms. The molecular formula is C21H28N2O3. The zero-order valence-electron chi connectivity index (χ0n) is 15.8. The molecular weight excluding hydrogens is 328 g/mol. The van der Waals surface area contributed by atoms with Crippen molar-refractivity contribution in [2.24, 2.45) is 0 Å². The molecule has 0 atom stereocenters. The van der Waals surface area contributed by atoms with Crippen molar-refractivity contribution < 1.29 is 14.3 Å². The highest BCUT2D eigenvalue weighted by atomic mass is 16.5. The summed E-state index contributed by atoms with van der Waals surface area (Å²) in [6.45, 7) is 9.22. The molecule has 0 spiro atoms. The number of para-hydroxylation sites is 1. The Morgan fingerprint density at radius 2 is 1.65 bits per heavy atom. The van der Waals surface area contributed by atoms with Gasteiger partial charge in [-0.15, -0.1) is 0 Å².